The smallest absolute Gasteiger partial charge is 0.191 e. The van der Waals surface area contributed by atoms with Crippen LogP contribution < -0.4 is 10.6 Å². The van der Waals surface area contributed by atoms with E-state index in [2.05, 4.69) is 39.7 Å². The van der Waals surface area contributed by atoms with Crippen molar-refractivity contribution >= 4 is 5.96 Å². The van der Waals surface area contributed by atoms with Gasteiger partial charge in [0.15, 0.2) is 11.8 Å². The van der Waals surface area contributed by atoms with E-state index >= 15 is 0 Å². The fourth-order valence-electron chi connectivity index (χ4n) is 3.41. The van der Waals surface area contributed by atoms with E-state index in [9.17, 15) is 0 Å². The Morgan fingerprint density at radius 2 is 2.04 bits per heavy atom. The lowest BCUT2D eigenvalue weighted by molar-refractivity contribution is 0.0169. The van der Waals surface area contributed by atoms with E-state index in [-0.39, 0.29) is 0 Å². The molecule has 1 aliphatic carbocycles. The lowest BCUT2D eigenvalue weighted by Gasteiger charge is -2.24. The molecule has 0 aromatic carbocycles. The van der Waals surface area contributed by atoms with E-state index in [1.54, 1.807) is 0 Å². The zero-order chi connectivity index (χ0) is 18.1. The summed E-state index contributed by atoms with van der Waals surface area (Å²) in [5.41, 5.74) is 0. The quantitative estimate of drug-likeness (QED) is 0.527. The zero-order valence-corrected chi connectivity index (χ0v) is 16.2. The van der Waals surface area contributed by atoms with Crippen molar-refractivity contribution in [3.05, 3.63) is 11.6 Å². The molecule has 1 atom stereocenters. The molecule has 0 bridgehead atoms. The number of rotatable bonds is 9. The van der Waals surface area contributed by atoms with Gasteiger partial charge in [0.25, 0.3) is 0 Å². The van der Waals surface area contributed by atoms with Crippen molar-refractivity contribution in [1.29, 1.82) is 0 Å². The van der Waals surface area contributed by atoms with Crippen molar-refractivity contribution in [2.45, 2.75) is 65.5 Å². The van der Waals surface area contributed by atoms with Gasteiger partial charge in [-0.1, -0.05) is 12.8 Å². The van der Waals surface area contributed by atoms with Crippen molar-refractivity contribution in [3.8, 4) is 0 Å². The summed E-state index contributed by atoms with van der Waals surface area (Å²) in [6.45, 7) is 9.12. The topological polar surface area (TPSA) is 76.4 Å². The largest absolute Gasteiger partial charge is 0.378 e. The van der Waals surface area contributed by atoms with Crippen LogP contribution in [0, 0.1) is 12.8 Å². The number of aryl methyl sites for hydroxylation is 1. The normalized spacial score (nSPS) is 17.0. The van der Waals surface area contributed by atoms with Gasteiger partial charge in [-0.05, 0) is 46.0 Å². The molecule has 1 aromatic heterocycles. The van der Waals surface area contributed by atoms with Gasteiger partial charge in [-0.25, -0.2) is 4.99 Å². The molecule has 1 saturated carbocycles. The molecule has 0 saturated heterocycles. The van der Waals surface area contributed by atoms with Crippen molar-refractivity contribution in [2.24, 2.45) is 18.0 Å². The minimum Gasteiger partial charge on any atom is -0.378 e. The molecular weight excluding hydrogens is 316 g/mol. The number of guanidine groups is 1. The molecule has 1 fully saturated rings. The van der Waals surface area contributed by atoms with E-state index in [4.69, 9.17) is 4.74 Å². The summed E-state index contributed by atoms with van der Waals surface area (Å²) in [6, 6.07) is 0. The van der Waals surface area contributed by atoms with E-state index < -0.39 is 0 Å². The molecule has 0 radical (unpaired) electrons. The van der Waals surface area contributed by atoms with Crippen LogP contribution in [-0.4, -0.2) is 46.5 Å². The number of ether oxygens (including phenoxy) is 1. The van der Waals surface area contributed by atoms with E-state index in [0.29, 0.717) is 12.6 Å². The second-order valence-electron chi connectivity index (χ2n) is 6.67. The summed E-state index contributed by atoms with van der Waals surface area (Å²) >= 11 is 0. The second kappa shape index (κ2) is 10.4. The van der Waals surface area contributed by atoms with Crippen molar-refractivity contribution < 1.29 is 4.74 Å². The standard InChI is InChI=1S/C18H34N6O/c1-5-19-18(21-13-17-23-22-14(3)24(17)4)20-12-11-16(25-6-2)15-9-7-8-10-15/h15-16H,5-13H2,1-4H3,(H2,19,20,21). The Hall–Kier alpha value is -1.63. The predicted octanol–water partition coefficient (Wildman–Crippen LogP) is 2.16. The molecule has 1 aromatic rings. The highest BCUT2D eigenvalue weighted by Gasteiger charge is 2.25. The number of nitrogens with one attached hydrogen (secondary N) is 2. The van der Waals surface area contributed by atoms with Gasteiger partial charge < -0.3 is 19.9 Å². The maximum Gasteiger partial charge on any atom is 0.191 e. The minimum atomic E-state index is 0.365. The maximum absolute atomic E-state index is 5.99. The summed E-state index contributed by atoms with van der Waals surface area (Å²) in [6.07, 6.45) is 6.70. The third-order valence-electron chi connectivity index (χ3n) is 4.93. The molecule has 7 nitrogen and oxygen atoms in total. The van der Waals surface area contributed by atoms with Crippen LogP contribution in [-0.2, 0) is 18.3 Å². The van der Waals surface area contributed by atoms with Crippen LogP contribution in [0.5, 0.6) is 0 Å². The van der Waals surface area contributed by atoms with Crippen molar-refractivity contribution in [2.75, 3.05) is 19.7 Å². The Morgan fingerprint density at radius 1 is 1.28 bits per heavy atom. The average Bonchev–Trinajstić information content (AvgIpc) is 3.24. The fourth-order valence-corrected chi connectivity index (χ4v) is 3.41. The summed E-state index contributed by atoms with van der Waals surface area (Å²) in [5.74, 6) is 3.32. The molecule has 0 spiro atoms. The highest BCUT2D eigenvalue weighted by molar-refractivity contribution is 5.79. The van der Waals surface area contributed by atoms with Gasteiger partial charge in [0.05, 0.1) is 6.10 Å². The van der Waals surface area contributed by atoms with Gasteiger partial charge in [0.2, 0.25) is 0 Å². The van der Waals surface area contributed by atoms with E-state index in [1.807, 2.05) is 18.5 Å². The van der Waals surface area contributed by atoms with Crippen LogP contribution >= 0.6 is 0 Å². The van der Waals surface area contributed by atoms with E-state index in [0.717, 1.165) is 49.6 Å². The summed E-state index contributed by atoms with van der Waals surface area (Å²) < 4.78 is 7.96. The van der Waals surface area contributed by atoms with Gasteiger partial charge in [0.1, 0.15) is 12.4 Å². The Labute approximate surface area is 151 Å². The molecule has 25 heavy (non-hydrogen) atoms. The first-order valence-corrected chi connectivity index (χ1v) is 9.64. The van der Waals surface area contributed by atoms with Crippen LogP contribution in [0.2, 0.25) is 0 Å². The average molecular weight is 351 g/mol. The molecule has 1 aliphatic rings. The number of hydrogen-bond acceptors (Lipinski definition) is 4. The number of aliphatic imine (C=N–C) groups is 1. The van der Waals surface area contributed by atoms with Crippen LogP contribution in [0.1, 0.15) is 57.6 Å². The number of hydrogen-bond donors (Lipinski definition) is 2. The van der Waals surface area contributed by atoms with Crippen LogP contribution in [0.4, 0.5) is 0 Å². The highest BCUT2D eigenvalue weighted by Crippen LogP contribution is 2.30. The molecule has 1 heterocycles. The molecule has 142 valence electrons. The SMILES string of the molecule is CCNC(=NCc1nnc(C)n1C)NCCC(OCC)C1CCCC1. The molecule has 7 heteroatoms. The fraction of sp³-hybridized carbons (Fsp3) is 0.833. The minimum absolute atomic E-state index is 0.365. The molecule has 0 amide bonds. The van der Waals surface area contributed by atoms with Crippen molar-refractivity contribution in [1.82, 2.24) is 25.4 Å². The Morgan fingerprint density at radius 3 is 2.64 bits per heavy atom. The Bertz CT molecular complexity index is 536. The van der Waals surface area contributed by atoms with Crippen molar-refractivity contribution in [3.63, 3.8) is 0 Å². The summed E-state index contributed by atoms with van der Waals surface area (Å²) in [7, 11) is 1.97. The molecule has 2 N–H and O–H groups in total. The van der Waals surface area contributed by atoms with Gasteiger partial charge in [-0.3, -0.25) is 0 Å². The van der Waals surface area contributed by atoms with Crippen LogP contribution in [0.15, 0.2) is 4.99 Å². The first-order valence-electron chi connectivity index (χ1n) is 9.64. The third kappa shape index (κ3) is 5.99. The lowest BCUT2D eigenvalue weighted by atomic mass is 9.98. The number of aromatic nitrogens is 3. The summed E-state index contributed by atoms with van der Waals surface area (Å²) in [5, 5.41) is 15.0. The second-order valence-corrected chi connectivity index (χ2v) is 6.67. The molecule has 1 unspecified atom stereocenters. The monoisotopic (exact) mass is 350 g/mol. The van der Waals surface area contributed by atoms with Crippen LogP contribution in [0.3, 0.4) is 0 Å². The van der Waals surface area contributed by atoms with E-state index in [1.165, 1.54) is 25.7 Å². The first kappa shape index (κ1) is 19.7. The van der Waals surface area contributed by atoms with Gasteiger partial charge in [0, 0.05) is 26.7 Å². The first-order chi connectivity index (χ1) is 12.2. The van der Waals surface area contributed by atoms with Gasteiger partial charge in [-0.2, -0.15) is 0 Å². The molecular formula is C18H34N6O. The van der Waals surface area contributed by atoms with Crippen LogP contribution in [0.25, 0.3) is 0 Å². The molecule has 0 aliphatic heterocycles. The molecule has 2 rings (SSSR count). The zero-order valence-electron chi connectivity index (χ0n) is 16.2. The summed E-state index contributed by atoms with van der Waals surface area (Å²) in [4.78, 5) is 4.63. The number of nitrogens with zero attached hydrogens (tertiary/aromatic N) is 4. The third-order valence-corrected chi connectivity index (χ3v) is 4.93. The lowest BCUT2D eigenvalue weighted by Crippen LogP contribution is -2.39. The Balaban J connectivity index is 1.85. The van der Waals surface area contributed by atoms with Gasteiger partial charge >= 0.3 is 0 Å². The highest BCUT2D eigenvalue weighted by atomic mass is 16.5. The van der Waals surface area contributed by atoms with Gasteiger partial charge in [-0.15, -0.1) is 10.2 Å². The maximum atomic E-state index is 5.99. The Kier molecular flexibility index (Phi) is 8.18. The predicted molar refractivity (Wildman–Crippen MR) is 101 cm³/mol.